The Balaban J connectivity index is 1.88. The van der Waals surface area contributed by atoms with Crippen molar-refractivity contribution in [3.63, 3.8) is 0 Å². The Morgan fingerprint density at radius 1 is 1.12 bits per heavy atom. The second-order valence-electron chi connectivity index (χ2n) is 6.51. The van der Waals surface area contributed by atoms with E-state index in [1.807, 2.05) is 37.8 Å². The van der Waals surface area contributed by atoms with Gasteiger partial charge in [0.05, 0.1) is 0 Å². The Morgan fingerprint density at radius 2 is 1.71 bits per heavy atom. The highest BCUT2D eigenvalue weighted by Gasteiger charge is 2.31. The van der Waals surface area contributed by atoms with Crippen LogP contribution in [0.1, 0.15) is 45.1 Å². The molecule has 1 N–H and O–H groups in total. The molecule has 0 aromatic heterocycles. The molecule has 0 radical (unpaired) electrons. The van der Waals surface area contributed by atoms with Crippen LogP contribution in [0.25, 0.3) is 0 Å². The van der Waals surface area contributed by atoms with Crippen molar-refractivity contribution in [2.75, 3.05) is 18.4 Å². The summed E-state index contributed by atoms with van der Waals surface area (Å²) in [5, 5.41) is 3.60. The lowest BCUT2D eigenvalue weighted by Crippen LogP contribution is -2.38. The minimum Gasteiger partial charge on any atom is -0.343 e. The average molecular weight is 351 g/mol. The first kappa shape index (κ1) is 18.8. The number of nitrogens with one attached hydrogen (secondary N) is 1. The van der Waals surface area contributed by atoms with Gasteiger partial charge in [-0.1, -0.05) is 17.7 Å². The zero-order chi connectivity index (χ0) is 17.7. The molecule has 5 heteroatoms. The fraction of sp³-hybridized carbons (Fsp3) is 0.579. The minimum absolute atomic E-state index is 0.0224. The summed E-state index contributed by atoms with van der Waals surface area (Å²) in [7, 11) is 0. The normalized spacial score (nSPS) is 20.5. The van der Waals surface area contributed by atoms with E-state index in [1.54, 1.807) is 6.07 Å². The van der Waals surface area contributed by atoms with E-state index in [9.17, 15) is 9.59 Å². The highest BCUT2D eigenvalue weighted by atomic mass is 35.5. The van der Waals surface area contributed by atoms with E-state index in [0.717, 1.165) is 50.0 Å². The van der Waals surface area contributed by atoms with Gasteiger partial charge in [0.15, 0.2) is 0 Å². The number of carbonyl (C=O) groups is 2. The maximum Gasteiger partial charge on any atom is 0.227 e. The fourth-order valence-electron chi connectivity index (χ4n) is 3.31. The van der Waals surface area contributed by atoms with Gasteiger partial charge in [-0.15, -0.1) is 0 Å². The van der Waals surface area contributed by atoms with Gasteiger partial charge in [-0.2, -0.15) is 0 Å². The van der Waals surface area contributed by atoms with Gasteiger partial charge in [0.1, 0.15) is 0 Å². The first-order valence-electron chi connectivity index (χ1n) is 8.82. The summed E-state index contributed by atoms with van der Waals surface area (Å²) in [4.78, 5) is 26.7. The smallest absolute Gasteiger partial charge is 0.227 e. The number of hydrogen-bond donors (Lipinski definition) is 1. The number of aryl methyl sites for hydroxylation is 1. The molecule has 1 aliphatic carbocycles. The maximum absolute atomic E-state index is 12.4. The lowest BCUT2D eigenvalue weighted by Gasteiger charge is -2.30. The van der Waals surface area contributed by atoms with E-state index in [0.29, 0.717) is 5.02 Å². The average Bonchev–Trinajstić information content (AvgIpc) is 2.59. The highest BCUT2D eigenvalue weighted by Crippen LogP contribution is 2.31. The van der Waals surface area contributed by atoms with Crippen LogP contribution >= 0.6 is 11.6 Å². The summed E-state index contributed by atoms with van der Waals surface area (Å²) in [5.41, 5.74) is 1.72. The third-order valence-electron chi connectivity index (χ3n) is 4.96. The van der Waals surface area contributed by atoms with Gasteiger partial charge in [-0.25, -0.2) is 0 Å². The molecule has 132 valence electrons. The van der Waals surface area contributed by atoms with E-state index in [2.05, 4.69) is 5.32 Å². The Kier molecular flexibility index (Phi) is 6.67. The molecule has 0 heterocycles. The molecule has 0 unspecified atom stereocenters. The van der Waals surface area contributed by atoms with Crippen LogP contribution in [0.2, 0.25) is 5.02 Å². The topological polar surface area (TPSA) is 49.4 Å². The maximum atomic E-state index is 12.4. The number of benzene rings is 1. The molecule has 24 heavy (non-hydrogen) atoms. The van der Waals surface area contributed by atoms with Crippen molar-refractivity contribution < 1.29 is 9.59 Å². The van der Waals surface area contributed by atoms with Crippen LogP contribution in [-0.4, -0.2) is 29.8 Å². The third-order valence-corrected chi connectivity index (χ3v) is 5.37. The molecule has 1 aromatic carbocycles. The molecule has 0 saturated heterocycles. The first-order chi connectivity index (χ1) is 11.5. The van der Waals surface area contributed by atoms with E-state index in [1.165, 1.54) is 0 Å². The molecule has 2 amide bonds. The molecule has 0 bridgehead atoms. The third kappa shape index (κ3) is 4.50. The van der Waals surface area contributed by atoms with Gasteiger partial charge in [-0.3, -0.25) is 9.59 Å². The Labute approximate surface area is 149 Å². The Bertz CT molecular complexity index is 591. The molecule has 1 aliphatic rings. The molecular weight excluding hydrogens is 324 g/mol. The van der Waals surface area contributed by atoms with Gasteiger partial charge in [0.2, 0.25) is 11.8 Å². The highest BCUT2D eigenvalue weighted by molar-refractivity contribution is 6.31. The summed E-state index contributed by atoms with van der Waals surface area (Å²) in [6.45, 7) is 7.45. The zero-order valence-electron chi connectivity index (χ0n) is 14.8. The molecule has 1 saturated carbocycles. The largest absolute Gasteiger partial charge is 0.343 e. The van der Waals surface area contributed by atoms with Gasteiger partial charge < -0.3 is 10.2 Å². The SMILES string of the molecule is CCN(CC)C(=O)C1CCC(C(=O)Nc2ccc(C)c(Cl)c2)CC1. The number of hydrogen-bond acceptors (Lipinski definition) is 2. The van der Waals surface area contributed by atoms with Crippen molar-refractivity contribution in [2.24, 2.45) is 11.8 Å². The standard InChI is InChI=1S/C19H27ClN2O2/c1-4-22(5-2)19(24)15-9-7-14(8-10-15)18(23)21-16-11-6-13(3)17(20)12-16/h6,11-12,14-15H,4-5,7-10H2,1-3H3,(H,21,23). The van der Waals surface area contributed by atoms with Crippen molar-refractivity contribution in [2.45, 2.75) is 46.5 Å². The summed E-state index contributed by atoms with van der Waals surface area (Å²) in [6.07, 6.45) is 3.12. The van der Waals surface area contributed by atoms with Crippen molar-refractivity contribution >= 4 is 29.1 Å². The number of anilines is 1. The zero-order valence-corrected chi connectivity index (χ0v) is 15.5. The van der Waals surface area contributed by atoms with Crippen LogP contribution in [0.15, 0.2) is 18.2 Å². The molecule has 4 nitrogen and oxygen atoms in total. The van der Waals surface area contributed by atoms with Crippen LogP contribution < -0.4 is 5.32 Å². The number of amides is 2. The number of rotatable bonds is 5. The number of carbonyl (C=O) groups excluding carboxylic acids is 2. The van der Waals surface area contributed by atoms with E-state index in [4.69, 9.17) is 11.6 Å². The molecule has 0 atom stereocenters. The van der Waals surface area contributed by atoms with Gasteiger partial charge in [-0.05, 0) is 64.2 Å². The van der Waals surface area contributed by atoms with E-state index in [-0.39, 0.29) is 23.7 Å². The minimum atomic E-state index is -0.0224. The predicted molar refractivity (Wildman–Crippen MR) is 98.2 cm³/mol. The van der Waals surface area contributed by atoms with Crippen molar-refractivity contribution in [3.8, 4) is 0 Å². The van der Waals surface area contributed by atoms with Crippen LogP contribution in [0.5, 0.6) is 0 Å². The van der Waals surface area contributed by atoms with E-state index >= 15 is 0 Å². The molecule has 0 aliphatic heterocycles. The Hall–Kier alpha value is -1.55. The summed E-state index contributed by atoms with van der Waals surface area (Å²) < 4.78 is 0. The summed E-state index contributed by atoms with van der Waals surface area (Å²) in [5.74, 6) is 0.321. The van der Waals surface area contributed by atoms with Crippen molar-refractivity contribution in [1.82, 2.24) is 4.90 Å². The predicted octanol–water partition coefficient (Wildman–Crippen LogP) is 4.26. The molecular formula is C19H27ClN2O2. The fourth-order valence-corrected chi connectivity index (χ4v) is 3.49. The molecule has 1 fully saturated rings. The quantitative estimate of drug-likeness (QED) is 0.862. The van der Waals surface area contributed by atoms with Crippen LogP contribution in [0.3, 0.4) is 0 Å². The van der Waals surface area contributed by atoms with Crippen molar-refractivity contribution in [1.29, 1.82) is 0 Å². The molecule has 0 spiro atoms. The summed E-state index contributed by atoms with van der Waals surface area (Å²) >= 11 is 6.10. The number of halogens is 1. The molecule has 2 rings (SSSR count). The lowest BCUT2D eigenvalue weighted by molar-refractivity contribution is -0.137. The van der Waals surface area contributed by atoms with Gasteiger partial charge in [0, 0.05) is 35.6 Å². The van der Waals surface area contributed by atoms with Gasteiger partial charge in [0.25, 0.3) is 0 Å². The van der Waals surface area contributed by atoms with Crippen molar-refractivity contribution in [3.05, 3.63) is 28.8 Å². The Morgan fingerprint density at radius 3 is 2.25 bits per heavy atom. The lowest BCUT2D eigenvalue weighted by atomic mass is 9.81. The van der Waals surface area contributed by atoms with Crippen LogP contribution in [0, 0.1) is 18.8 Å². The van der Waals surface area contributed by atoms with Gasteiger partial charge >= 0.3 is 0 Å². The monoisotopic (exact) mass is 350 g/mol. The molecule has 1 aromatic rings. The second kappa shape index (κ2) is 8.52. The van der Waals surface area contributed by atoms with Crippen LogP contribution in [-0.2, 0) is 9.59 Å². The first-order valence-corrected chi connectivity index (χ1v) is 9.19. The van der Waals surface area contributed by atoms with E-state index < -0.39 is 0 Å². The second-order valence-corrected chi connectivity index (χ2v) is 6.92. The summed E-state index contributed by atoms with van der Waals surface area (Å²) in [6, 6.07) is 5.55. The van der Waals surface area contributed by atoms with Crippen LogP contribution in [0.4, 0.5) is 5.69 Å². The number of nitrogens with zero attached hydrogens (tertiary/aromatic N) is 1.